The number of hydrogen-bond acceptors (Lipinski definition) is 3. The van der Waals surface area contributed by atoms with Gasteiger partial charge < -0.3 is 10.1 Å². The number of nitrogens with one attached hydrogen (secondary N) is 2. The van der Waals surface area contributed by atoms with Gasteiger partial charge in [-0.05, 0) is 43.3 Å². The normalized spacial score (nSPS) is 14.9. The maximum atomic E-state index is 13.7. The summed E-state index contributed by atoms with van der Waals surface area (Å²) >= 11 is 5.30. The minimum atomic E-state index is -0.274. The van der Waals surface area contributed by atoms with E-state index in [1.54, 1.807) is 24.4 Å². The second kappa shape index (κ2) is 10.0. The van der Waals surface area contributed by atoms with Gasteiger partial charge in [0.05, 0.1) is 6.21 Å². The Bertz CT molecular complexity index is 791. The minimum absolute atomic E-state index is 0.159. The summed E-state index contributed by atoms with van der Waals surface area (Å²) in [6, 6.07) is 14.5. The molecule has 2 aromatic rings. The molecule has 0 saturated heterocycles. The summed E-state index contributed by atoms with van der Waals surface area (Å²) in [4.78, 5) is 0. The number of rotatable bonds is 6. The van der Waals surface area contributed by atoms with E-state index < -0.39 is 0 Å². The van der Waals surface area contributed by atoms with Gasteiger partial charge in [-0.3, -0.25) is 5.43 Å². The molecule has 0 unspecified atom stereocenters. The van der Waals surface area contributed by atoms with Crippen LogP contribution in [0.5, 0.6) is 5.75 Å². The van der Waals surface area contributed by atoms with Crippen molar-refractivity contribution in [2.75, 3.05) is 0 Å². The Hall–Kier alpha value is -2.47. The fourth-order valence-corrected chi connectivity index (χ4v) is 3.33. The van der Waals surface area contributed by atoms with Crippen LogP contribution in [0.15, 0.2) is 53.6 Å². The van der Waals surface area contributed by atoms with E-state index in [1.807, 2.05) is 24.3 Å². The van der Waals surface area contributed by atoms with Crippen molar-refractivity contribution >= 4 is 23.5 Å². The topological polar surface area (TPSA) is 45.6 Å². The monoisotopic (exact) mass is 385 g/mol. The third kappa shape index (κ3) is 6.03. The summed E-state index contributed by atoms with van der Waals surface area (Å²) in [5, 5.41) is 8.04. The van der Waals surface area contributed by atoms with Crippen LogP contribution in [0.3, 0.4) is 0 Å². The van der Waals surface area contributed by atoms with Crippen molar-refractivity contribution in [3.8, 4) is 5.75 Å². The summed E-state index contributed by atoms with van der Waals surface area (Å²) in [7, 11) is 0. The summed E-state index contributed by atoms with van der Waals surface area (Å²) in [5.74, 6) is 0.363. The zero-order chi connectivity index (χ0) is 18.9. The number of thiocarbonyl (C=S) groups is 1. The van der Waals surface area contributed by atoms with E-state index >= 15 is 0 Å². The van der Waals surface area contributed by atoms with Crippen LogP contribution >= 0.6 is 12.2 Å². The lowest BCUT2D eigenvalue weighted by Gasteiger charge is -2.23. The van der Waals surface area contributed by atoms with Crippen LogP contribution in [0.4, 0.5) is 4.39 Å². The van der Waals surface area contributed by atoms with Crippen LogP contribution in [-0.2, 0) is 6.61 Å². The first kappa shape index (κ1) is 19.3. The molecule has 1 saturated carbocycles. The Kier molecular flexibility index (Phi) is 7.16. The van der Waals surface area contributed by atoms with E-state index in [4.69, 9.17) is 17.0 Å². The molecule has 3 rings (SSSR count). The molecular formula is C21H24FN3OS. The molecule has 0 radical (unpaired) electrons. The summed E-state index contributed by atoms with van der Waals surface area (Å²) in [6.07, 6.45) is 7.76. The molecule has 6 heteroatoms. The van der Waals surface area contributed by atoms with E-state index in [1.165, 1.54) is 25.3 Å². The molecule has 2 N–H and O–H groups in total. The Balaban J connectivity index is 1.54. The minimum Gasteiger partial charge on any atom is -0.488 e. The number of hydrogen-bond donors (Lipinski definition) is 2. The lowest BCUT2D eigenvalue weighted by molar-refractivity contribution is 0.299. The lowest BCUT2D eigenvalue weighted by Crippen LogP contribution is -2.40. The molecule has 1 aliphatic rings. The lowest BCUT2D eigenvalue weighted by atomic mass is 9.96. The summed E-state index contributed by atoms with van der Waals surface area (Å²) in [5.41, 5.74) is 4.17. The smallest absolute Gasteiger partial charge is 0.187 e. The van der Waals surface area contributed by atoms with Gasteiger partial charge >= 0.3 is 0 Å². The third-order valence-electron chi connectivity index (χ3n) is 4.57. The number of ether oxygens (including phenoxy) is 1. The molecule has 0 bridgehead atoms. The van der Waals surface area contributed by atoms with Crippen LogP contribution < -0.4 is 15.5 Å². The Labute approximate surface area is 164 Å². The number of halogens is 1. The van der Waals surface area contributed by atoms with Crippen LogP contribution in [-0.4, -0.2) is 17.4 Å². The second-order valence-electron chi connectivity index (χ2n) is 6.60. The van der Waals surface area contributed by atoms with Gasteiger partial charge in [-0.15, -0.1) is 0 Å². The van der Waals surface area contributed by atoms with Crippen molar-refractivity contribution in [3.63, 3.8) is 0 Å². The van der Waals surface area contributed by atoms with Gasteiger partial charge in [0.1, 0.15) is 18.2 Å². The number of nitrogens with zero attached hydrogens (tertiary/aromatic N) is 1. The van der Waals surface area contributed by atoms with Crippen molar-refractivity contribution in [1.29, 1.82) is 0 Å². The molecule has 0 aliphatic heterocycles. The maximum Gasteiger partial charge on any atom is 0.187 e. The van der Waals surface area contributed by atoms with Crippen LogP contribution in [0.2, 0.25) is 0 Å². The standard InChI is InChI=1S/C21H24FN3OS/c22-19-12-6-4-9-17(19)15-26-20-13-7-5-8-16(20)14-23-25-21(27)24-18-10-2-1-3-11-18/h4-9,12-14,18H,1-3,10-11,15H2,(H2,24,25,27)/b23-14+. The van der Waals surface area contributed by atoms with Crippen LogP contribution in [0.1, 0.15) is 43.2 Å². The molecule has 1 fully saturated rings. The quantitative estimate of drug-likeness (QED) is 0.435. The van der Waals surface area contributed by atoms with E-state index in [2.05, 4.69) is 15.8 Å². The molecule has 0 heterocycles. The highest BCUT2D eigenvalue weighted by molar-refractivity contribution is 7.80. The number of benzene rings is 2. The summed E-state index contributed by atoms with van der Waals surface area (Å²) in [6.45, 7) is 0.159. The average molecular weight is 386 g/mol. The fourth-order valence-electron chi connectivity index (χ4n) is 3.11. The number of hydrazone groups is 1. The SMILES string of the molecule is Fc1ccccc1COc1ccccc1/C=N/NC(=S)NC1CCCCC1. The van der Waals surface area contributed by atoms with Crippen molar-refractivity contribution in [2.24, 2.45) is 5.10 Å². The van der Waals surface area contributed by atoms with Crippen molar-refractivity contribution in [2.45, 2.75) is 44.8 Å². The van der Waals surface area contributed by atoms with Crippen molar-refractivity contribution in [1.82, 2.24) is 10.7 Å². The molecule has 0 amide bonds. The predicted octanol–water partition coefficient (Wildman–Crippen LogP) is 4.54. The van der Waals surface area contributed by atoms with Gasteiger partial charge in [-0.2, -0.15) is 5.10 Å². The molecule has 1 aliphatic carbocycles. The average Bonchev–Trinajstić information content (AvgIpc) is 2.69. The van der Waals surface area contributed by atoms with Crippen LogP contribution in [0, 0.1) is 5.82 Å². The third-order valence-corrected chi connectivity index (χ3v) is 4.78. The second-order valence-corrected chi connectivity index (χ2v) is 7.00. The molecule has 0 aromatic heterocycles. The molecule has 2 aromatic carbocycles. The number of para-hydroxylation sites is 1. The first-order valence-corrected chi connectivity index (χ1v) is 9.68. The van der Waals surface area contributed by atoms with E-state index in [0.717, 1.165) is 18.4 Å². The molecule has 27 heavy (non-hydrogen) atoms. The van der Waals surface area contributed by atoms with Gasteiger partial charge in [0.2, 0.25) is 0 Å². The highest BCUT2D eigenvalue weighted by Crippen LogP contribution is 2.19. The predicted molar refractivity (Wildman–Crippen MR) is 111 cm³/mol. The van der Waals surface area contributed by atoms with E-state index in [-0.39, 0.29) is 12.4 Å². The van der Waals surface area contributed by atoms with Crippen molar-refractivity contribution in [3.05, 3.63) is 65.5 Å². The molecule has 142 valence electrons. The van der Waals surface area contributed by atoms with Gasteiger partial charge in [0.25, 0.3) is 0 Å². The highest BCUT2D eigenvalue weighted by Gasteiger charge is 2.13. The van der Waals surface area contributed by atoms with E-state index in [0.29, 0.717) is 22.5 Å². The zero-order valence-corrected chi connectivity index (χ0v) is 16.0. The Morgan fingerprint density at radius 3 is 2.67 bits per heavy atom. The van der Waals surface area contributed by atoms with Gasteiger partial charge in [0.15, 0.2) is 5.11 Å². The highest BCUT2D eigenvalue weighted by atomic mass is 32.1. The first-order valence-electron chi connectivity index (χ1n) is 9.27. The Morgan fingerprint density at radius 1 is 1.11 bits per heavy atom. The first-order chi connectivity index (χ1) is 13.2. The molecule has 0 atom stereocenters. The zero-order valence-electron chi connectivity index (χ0n) is 15.2. The van der Waals surface area contributed by atoms with Gasteiger partial charge in [-0.1, -0.05) is 49.6 Å². The fraction of sp³-hybridized carbons (Fsp3) is 0.333. The van der Waals surface area contributed by atoms with Crippen molar-refractivity contribution < 1.29 is 9.13 Å². The van der Waals surface area contributed by atoms with Crippen LogP contribution in [0.25, 0.3) is 0 Å². The largest absolute Gasteiger partial charge is 0.488 e. The Morgan fingerprint density at radius 2 is 1.85 bits per heavy atom. The maximum absolute atomic E-state index is 13.7. The van der Waals surface area contributed by atoms with E-state index in [9.17, 15) is 4.39 Å². The van der Waals surface area contributed by atoms with Gasteiger partial charge in [0, 0.05) is 17.2 Å². The summed E-state index contributed by atoms with van der Waals surface area (Å²) < 4.78 is 19.5. The molecule has 4 nitrogen and oxygen atoms in total. The molecular weight excluding hydrogens is 361 g/mol. The molecule has 0 spiro atoms. The van der Waals surface area contributed by atoms with Gasteiger partial charge in [-0.25, -0.2) is 4.39 Å².